The van der Waals surface area contributed by atoms with Crippen LogP contribution in [0.25, 0.3) is 0 Å². The van der Waals surface area contributed by atoms with E-state index >= 15 is 0 Å². The quantitative estimate of drug-likeness (QED) is 0.314. The number of thiocarbonyl (C=S) groups is 1. The third kappa shape index (κ3) is 8.31. The Labute approximate surface area is 90.6 Å². The minimum absolute atomic E-state index is 0.430. The van der Waals surface area contributed by atoms with Crippen LogP contribution >= 0.6 is 24.0 Å². The molecule has 0 aliphatic carbocycles. The van der Waals surface area contributed by atoms with E-state index in [1.54, 1.807) is 17.8 Å². The third-order valence-electron chi connectivity index (χ3n) is 1.61. The zero-order valence-electron chi connectivity index (χ0n) is 8.38. The minimum atomic E-state index is 0.430. The van der Waals surface area contributed by atoms with Crippen LogP contribution in [0.1, 0.15) is 39.5 Å². The number of allylic oxidation sites excluding steroid dienone is 1. The highest BCUT2D eigenvalue weighted by atomic mass is 32.2. The highest BCUT2D eigenvalue weighted by Gasteiger charge is 1.96. The van der Waals surface area contributed by atoms with Gasteiger partial charge in [0.05, 0.1) is 9.96 Å². The van der Waals surface area contributed by atoms with E-state index in [0.717, 1.165) is 22.8 Å². The van der Waals surface area contributed by atoms with Crippen molar-refractivity contribution in [3.05, 3.63) is 11.8 Å². The molecule has 0 amide bonds. The fraction of sp³-hybridized carbons (Fsp3) is 0.700. The van der Waals surface area contributed by atoms with Gasteiger partial charge in [0.2, 0.25) is 0 Å². The van der Waals surface area contributed by atoms with Crippen LogP contribution < -0.4 is 0 Å². The Kier molecular flexibility index (Phi) is 8.56. The lowest BCUT2D eigenvalue weighted by Crippen LogP contribution is -1.88. The Balaban J connectivity index is 3.67. The van der Waals surface area contributed by atoms with Crippen LogP contribution in [-0.4, -0.2) is 15.1 Å². The van der Waals surface area contributed by atoms with Crippen molar-refractivity contribution in [3.63, 3.8) is 0 Å². The third-order valence-corrected chi connectivity index (χ3v) is 2.77. The molecule has 0 radical (unpaired) electrons. The molecule has 0 rings (SSSR count). The summed E-state index contributed by atoms with van der Waals surface area (Å²) in [7, 11) is 0. The lowest BCUT2D eigenvalue weighted by Gasteiger charge is -1.99. The van der Waals surface area contributed by atoms with Gasteiger partial charge in [0, 0.05) is 12.5 Å². The number of hydrogen-bond acceptors (Lipinski definition) is 3. The van der Waals surface area contributed by atoms with Crippen molar-refractivity contribution in [1.29, 1.82) is 0 Å². The maximum absolute atomic E-state index is 9.43. The molecule has 0 fully saturated rings. The summed E-state index contributed by atoms with van der Waals surface area (Å²) in [6.07, 6.45) is 5.88. The van der Waals surface area contributed by atoms with Crippen LogP contribution in [-0.2, 0) is 0 Å². The topological polar surface area (TPSA) is 20.2 Å². The van der Waals surface area contributed by atoms with Crippen LogP contribution in [0.3, 0.4) is 0 Å². The van der Waals surface area contributed by atoms with Crippen LogP contribution in [0.5, 0.6) is 0 Å². The fourth-order valence-corrected chi connectivity index (χ4v) is 1.94. The lowest BCUT2D eigenvalue weighted by molar-refractivity contribution is 0.382. The molecular formula is C10H18OS2. The number of unbranched alkanes of at least 4 members (excludes halogenated alkanes) is 2. The van der Waals surface area contributed by atoms with Crippen molar-refractivity contribution < 1.29 is 5.11 Å². The molecule has 1 nitrogen and oxygen atoms in total. The van der Waals surface area contributed by atoms with Crippen molar-refractivity contribution in [2.24, 2.45) is 0 Å². The van der Waals surface area contributed by atoms with Gasteiger partial charge >= 0.3 is 0 Å². The Bertz CT molecular complexity index is 176. The van der Waals surface area contributed by atoms with E-state index in [1.807, 2.05) is 0 Å². The summed E-state index contributed by atoms with van der Waals surface area (Å²) < 4.78 is 0.788. The van der Waals surface area contributed by atoms with E-state index in [2.05, 4.69) is 13.8 Å². The van der Waals surface area contributed by atoms with Crippen molar-refractivity contribution >= 4 is 28.2 Å². The van der Waals surface area contributed by atoms with Crippen molar-refractivity contribution in [2.45, 2.75) is 39.5 Å². The molecule has 0 bridgehead atoms. The summed E-state index contributed by atoms with van der Waals surface area (Å²) in [6.45, 7) is 4.21. The highest BCUT2D eigenvalue weighted by Crippen LogP contribution is 2.10. The van der Waals surface area contributed by atoms with E-state index < -0.39 is 0 Å². The van der Waals surface area contributed by atoms with Gasteiger partial charge in [-0.15, -0.1) is 11.8 Å². The Hall–Kier alpha value is -0.0200. The molecule has 0 heterocycles. The second-order valence-corrected chi connectivity index (χ2v) is 4.85. The number of aliphatic hydroxyl groups excluding tert-OH is 1. The summed E-state index contributed by atoms with van der Waals surface area (Å²) in [5.74, 6) is 1.40. The minimum Gasteiger partial charge on any atom is -0.512 e. The van der Waals surface area contributed by atoms with E-state index in [1.165, 1.54) is 12.8 Å². The monoisotopic (exact) mass is 218 g/mol. The van der Waals surface area contributed by atoms with Crippen LogP contribution in [0.4, 0.5) is 0 Å². The largest absolute Gasteiger partial charge is 0.512 e. The molecule has 0 saturated heterocycles. The predicted octanol–water partition coefficient (Wildman–Crippen LogP) is 4.09. The van der Waals surface area contributed by atoms with Crippen molar-refractivity contribution in [1.82, 2.24) is 0 Å². The van der Waals surface area contributed by atoms with E-state index in [4.69, 9.17) is 12.2 Å². The molecule has 0 aromatic carbocycles. The van der Waals surface area contributed by atoms with E-state index in [9.17, 15) is 5.11 Å². The van der Waals surface area contributed by atoms with Crippen LogP contribution in [0.2, 0.25) is 0 Å². The molecule has 1 N–H and O–H groups in total. The van der Waals surface area contributed by atoms with Gasteiger partial charge in [-0.1, -0.05) is 38.9 Å². The first-order valence-electron chi connectivity index (χ1n) is 4.77. The van der Waals surface area contributed by atoms with Gasteiger partial charge in [0.1, 0.15) is 0 Å². The van der Waals surface area contributed by atoms with Gasteiger partial charge in [0.15, 0.2) is 0 Å². The molecule has 0 aliphatic rings. The molecule has 3 heteroatoms. The summed E-state index contributed by atoms with van der Waals surface area (Å²) >= 11 is 6.63. The van der Waals surface area contributed by atoms with Gasteiger partial charge in [-0.3, -0.25) is 0 Å². The first-order valence-corrected chi connectivity index (χ1v) is 6.16. The second-order valence-electron chi connectivity index (χ2n) is 2.84. The Morgan fingerprint density at radius 2 is 2.08 bits per heavy atom. The average molecular weight is 218 g/mol. The first kappa shape index (κ1) is 13.0. The summed E-state index contributed by atoms with van der Waals surface area (Å²) in [5, 5.41) is 9.43. The predicted molar refractivity (Wildman–Crippen MR) is 65.6 cm³/mol. The Morgan fingerprint density at radius 3 is 2.62 bits per heavy atom. The van der Waals surface area contributed by atoms with Gasteiger partial charge in [-0.2, -0.15) is 0 Å². The maximum Gasteiger partial charge on any atom is 0.0942 e. The van der Waals surface area contributed by atoms with Gasteiger partial charge in [0.25, 0.3) is 0 Å². The lowest BCUT2D eigenvalue weighted by atomic mass is 10.2. The first-order chi connectivity index (χ1) is 6.20. The SMILES string of the molecule is CCCCCC(O)=CC(=S)SCC. The van der Waals surface area contributed by atoms with E-state index in [0.29, 0.717) is 5.76 Å². The fourth-order valence-electron chi connectivity index (χ4n) is 0.948. The van der Waals surface area contributed by atoms with Gasteiger partial charge in [-0.05, 0) is 12.2 Å². The standard InChI is InChI=1S/C10H18OS2/c1-3-5-6-7-9(11)8-10(12)13-4-2/h8,11H,3-7H2,1-2H3. The van der Waals surface area contributed by atoms with Crippen molar-refractivity contribution in [2.75, 3.05) is 5.75 Å². The highest BCUT2D eigenvalue weighted by molar-refractivity contribution is 8.23. The molecule has 76 valence electrons. The molecule has 0 unspecified atom stereocenters. The number of rotatable bonds is 6. The van der Waals surface area contributed by atoms with Crippen molar-refractivity contribution in [3.8, 4) is 0 Å². The zero-order valence-corrected chi connectivity index (χ0v) is 10.0. The van der Waals surface area contributed by atoms with Gasteiger partial charge < -0.3 is 5.11 Å². The summed E-state index contributed by atoms with van der Waals surface area (Å²) in [6, 6.07) is 0. The van der Waals surface area contributed by atoms with Crippen LogP contribution in [0, 0.1) is 0 Å². The number of aliphatic hydroxyl groups is 1. The summed E-state index contributed by atoms with van der Waals surface area (Å²) in [4.78, 5) is 0. The second kappa shape index (κ2) is 8.57. The molecular weight excluding hydrogens is 200 g/mol. The number of hydrogen-bond donors (Lipinski definition) is 1. The van der Waals surface area contributed by atoms with E-state index in [-0.39, 0.29) is 0 Å². The smallest absolute Gasteiger partial charge is 0.0942 e. The molecule has 0 aromatic heterocycles. The molecule has 0 saturated carbocycles. The maximum atomic E-state index is 9.43. The zero-order chi connectivity index (χ0) is 10.1. The molecule has 0 spiro atoms. The molecule has 13 heavy (non-hydrogen) atoms. The number of thioether (sulfide) groups is 1. The molecule has 0 aromatic rings. The van der Waals surface area contributed by atoms with Gasteiger partial charge in [-0.25, -0.2) is 0 Å². The molecule has 0 atom stereocenters. The Morgan fingerprint density at radius 1 is 1.38 bits per heavy atom. The molecule has 0 aliphatic heterocycles. The average Bonchev–Trinajstić information content (AvgIpc) is 2.05. The van der Waals surface area contributed by atoms with Crippen LogP contribution in [0.15, 0.2) is 11.8 Å². The summed E-state index contributed by atoms with van der Waals surface area (Å²) in [5.41, 5.74) is 0. The normalized spacial score (nSPS) is 11.7.